The molecule has 3 aliphatic heterocycles. The van der Waals surface area contributed by atoms with Crippen LogP contribution in [0.3, 0.4) is 0 Å². The molecule has 7 unspecified atom stereocenters. The number of rotatable bonds is 0. The van der Waals surface area contributed by atoms with Crippen molar-refractivity contribution in [3.8, 4) is 0 Å². The van der Waals surface area contributed by atoms with Gasteiger partial charge in [0.05, 0.1) is 11.5 Å². The van der Waals surface area contributed by atoms with Gasteiger partial charge in [-0.1, -0.05) is 19.3 Å². The zero-order valence-corrected chi connectivity index (χ0v) is 14.7. The maximum absolute atomic E-state index is 6.56. The van der Waals surface area contributed by atoms with E-state index in [1.807, 2.05) is 0 Å². The Morgan fingerprint density at radius 3 is 2.57 bits per heavy atom. The van der Waals surface area contributed by atoms with Crippen molar-refractivity contribution < 1.29 is 0 Å². The number of halogens is 1. The van der Waals surface area contributed by atoms with Crippen molar-refractivity contribution >= 4 is 11.6 Å². The summed E-state index contributed by atoms with van der Waals surface area (Å²) < 4.78 is 0. The van der Waals surface area contributed by atoms with Gasteiger partial charge in [-0.05, 0) is 44.1 Å². The van der Waals surface area contributed by atoms with E-state index in [9.17, 15) is 0 Å². The molecule has 5 nitrogen and oxygen atoms in total. The molecule has 132 valence electrons. The van der Waals surface area contributed by atoms with Gasteiger partial charge in [-0.2, -0.15) is 0 Å². The van der Waals surface area contributed by atoms with Crippen LogP contribution in [-0.4, -0.2) is 49.6 Å². The summed E-state index contributed by atoms with van der Waals surface area (Å²) in [6, 6.07) is 1.18. The molecule has 4 rings (SSSR count). The number of piperidine rings is 1. The molecule has 0 amide bonds. The molecule has 7 atom stereocenters. The molecule has 0 aromatic carbocycles. The Hall–Kier alpha value is 0.0900. The van der Waals surface area contributed by atoms with E-state index in [2.05, 4.69) is 26.6 Å². The maximum Gasteiger partial charge on any atom is 0.113 e. The Balaban J connectivity index is 1.48. The Morgan fingerprint density at radius 2 is 1.61 bits per heavy atom. The lowest BCUT2D eigenvalue weighted by molar-refractivity contribution is 0.181. The Kier molecular flexibility index (Phi) is 5.43. The number of hydrogen-bond acceptors (Lipinski definition) is 5. The first-order valence-electron chi connectivity index (χ1n) is 9.62. The molecule has 3 heterocycles. The van der Waals surface area contributed by atoms with Crippen molar-refractivity contribution in [2.45, 2.75) is 74.9 Å². The molecule has 0 aromatic rings. The first-order valence-corrected chi connectivity index (χ1v) is 10.1. The SMILES string of the molecule is ClC1CNC2NC3CNCC(CCC4CCCC(C4)NC1N2)C3. The second kappa shape index (κ2) is 7.54. The van der Waals surface area contributed by atoms with Gasteiger partial charge in [-0.25, -0.2) is 0 Å². The van der Waals surface area contributed by atoms with E-state index in [4.69, 9.17) is 11.6 Å². The Labute approximate surface area is 145 Å². The van der Waals surface area contributed by atoms with Crippen molar-refractivity contribution in [1.82, 2.24) is 26.6 Å². The molecule has 1 saturated carbocycles. The fourth-order valence-corrected chi connectivity index (χ4v) is 5.23. The van der Waals surface area contributed by atoms with Gasteiger partial charge in [0.2, 0.25) is 0 Å². The summed E-state index contributed by atoms with van der Waals surface area (Å²) >= 11 is 6.56. The van der Waals surface area contributed by atoms with Gasteiger partial charge in [0.1, 0.15) is 6.29 Å². The highest BCUT2D eigenvalue weighted by molar-refractivity contribution is 6.21. The minimum Gasteiger partial charge on any atom is -0.315 e. The molecular weight excluding hydrogens is 310 g/mol. The lowest BCUT2D eigenvalue weighted by atomic mass is 9.80. The van der Waals surface area contributed by atoms with Gasteiger partial charge in [0.15, 0.2) is 0 Å². The quantitative estimate of drug-likeness (QED) is 0.424. The van der Waals surface area contributed by atoms with Crippen molar-refractivity contribution in [1.29, 1.82) is 0 Å². The average molecular weight is 342 g/mol. The van der Waals surface area contributed by atoms with E-state index in [-0.39, 0.29) is 17.8 Å². The highest BCUT2D eigenvalue weighted by atomic mass is 35.5. The predicted molar refractivity (Wildman–Crippen MR) is 94.4 cm³/mol. The van der Waals surface area contributed by atoms with Crippen molar-refractivity contribution in [2.75, 3.05) is 19.6 Å². The molecular formula is C17H32ClN5. The van der Waals surface area contributed by atoms with E-state index in [1.54, 1.807) is 0 Å². The summed E-state index contributed by atoms with van der Waals surface area (Å²) in [7, 11) is 0. The molecule has 6 bridgehead atoms. The number of nitrogens with one attached hydrogen (secondary N) is 5. The van der Waals surface area contributed by atoms with Crippen LogP contribution in [0.5, 0.6) is 0 Å². The summed E-state index contributed by atoms with van der Waals surface area (Å²) in [5, 5.41) is 18.5. The standard InChI is InChI=1S/C17H32ClN5/c18-15-10-20-17-22-14-7-12(8-19-9-14)5-4-11-2-1-3-13(6-11)21-16(15)23-17/h11-17,19-23H,1-10H2. The van der Waals surface area contributed by atoms with E-state index in [0.717, 1.165) is 24.9 Å². The molecule has 3 saturated heterocycles. The third kappa shape index (κ3) is 4.20. The molecule has 4 fully saturated rings. The molecule has 0 spiro atoms. The van der Waals surface area contributed by atoms with Crippen LogP contribution < -0.4 is 26.6 Å². The highest BCUT2D eigenvalue weighted by Gasteiger charge is 2.34. The van der Waals surface area contributed by atoms with Crippen LogP contribution in [0, 0.1) is 11.8 Å². The van der Waals surface area contributed by atoms with Crippen LogP contribution in [0.1, 0.15) is 44.9 Å². The van der Waals surface area contributed by atoms with Crippen LogP contribution >= 0.6 is 11.6 Å². The fraction of sp³-hybridized carbons (Fsp3) is 1.00. The third-order valence-corrected chi connectivity index (χ3v) is 6.66. The smallest absolute Gasteiger partial charge is 0.113 e. The molecule has 0 radical (unpaired) electrons. The van der Waals surface area contributed by atoms with Gasteiger partial charge in [-0.15, -0.1) is 11.6 Å². The number of hydrogen-bond donors (Lipinski definition) is 5. The van der Waals surface area contributed by atoms with Crippen LogP contribution in [0.15, 0.2) is 0 Å². The largest absolute Gasteiger partial charge is 0.315 e. The van der Waals surface area contributed by atoms with Gasteiger partial charge >= 0.3 is 0 Å². The van der Waals surface area contributed by atoms with Gasteiger partial charge < -0.3 is 5.32 Å². The zero-order valence-electron chi connectivity index (χ0n) is 14.0. The normalized spacial score (nSPS) is 48.7. The van der Waals surface area contributed by atoms with Crippen molar-refractivity contribution in [3.63, 3.8) is 0 Å². The van der Waals surface area contributed by atoms with E-state index in [0.29, 0.717) is 12.1 Å². The number of alkyl halides is 1. The summed E-state index contributed by atoms with van der Waals surface area (Å²) in [5.41, 5.74) is 0. The molecule has 0 aromatic heterocycles. The van der Waals surface area contributed by atoms with E-state index >= 15 is 0 Å². The lowest BCUT2D eigenvalue weighted by Gasteiger charge is -2.41. The first-order chi connectivity index (χ1) is 11.3. The fourth-order valence-electron chi connectivity index (χ4n) is 4.99. The molecule has 5 N–H and O–H groups in total. The maximum atomic E-state index is 6.56. The first kappa shape index (κ1) is 16.6. The molecule has 23 heavy (non-hydrogen) atoms. The van der Waals surface area contributed by atoms with Crippen molar-refractivity contribution in [3.05, 3.63) is 0 Å². The summed E-state index contributed by atoms with van der Waals surface area (Å²) in [5.74, 6) is 1.73. The Morgan fingerprint density at radius 1 is 0.739 bits per heavy atom. The third-order valence-electron chi connectivity index (χ3n) is 6.25. The summed E-state index contributed by atoms with van der Waals surface area (Å²) in [4.78, 5) is 0. The summed E-state index contributed by atoms with van der Waals surface area (Å²) in [6.45, 7) is 3.12. The summed E-state index contributed by atoms with van der Waals surface area (Å²) in [6.07, 6.45) is 9.87. The van der Waals surface area contributed by atoms with Crippen LogP contribution in [0.2, 0.25) is 0 Å². The number of fused-ring (bicyclic) bond motifs is 6. The topological polar surface area (TPSA) is 60.1 Å². The zero-order chi connectivity index (χ0) is 15.6. The Bertz CT molecular complexity index is 395. The monoisotopic (exact) mass is 341 g/mol. The van der Waals surface area contributed by atoms with Crippen molar-refractivity contribution in [2.24, 2.45) is 11.8 Å². The van der Waals surface area contributed by atoms with Crippen LogP contribution in [-0.2, 0) is 0 Å². The van der Waals surface area contributed by atoms with Crippen LogP contribution in [0.25, 0.3) is 0 Å². The van der Waals surface area contributed by atoms with Gasteiger partial charge in [-0.3, -0.25) is 21.3 Å². The highest BCUT2D eigenvalue weighted by Crippen LogP contribution is 2.31. The van der Waals surface area contributed by atoms with E-state index in [1.165, 1.54) is 51.5 Å². The second-order valence-electron chi connectivity index (χ2n) is 8.10. The van der Waals surface area contributed by atoms with Gasteiger partial charge in [0.25, 0.3) is 0 Å². The van der Waals surface area contributed by atoms with E-state index < -0.39 is 0 Å². The van der Waals surface area contributed by atoms with Gasteiger partial charge in [0, 0.05) is 25.2 Å². The van der Waals surface area contributed by atoms with Crippen LogP contribution in [0.4, 0.5) is 0 Å². The molecule has 4 aliphatic rings. The average Bonchev–Trinajstić information content (AvgIpc) is 2.57. The minimum atomic E-state index is 0.107. The second-order valence-corrected chi connectivity index (χ2v) is 8.66. The molecule has 6 heteroatoms. The predicted octanol–water partition coefficient (Wildman–Crippen LogP) is 0.906. The lowest BCUT2D eigenvalue weighted by Crippen LogP contribution is -2.71. The molecule has 1 aliphatic carbocycles. The minimum absolute atomic E-state index is 0.107.